The molecule has 0 amide bonds. The third-order valence-electron chi connectivity index (χ3n) is 12.8. The topological polar surface area (TPSA) is 52.6 Å². The molecule has 0 atom stereocenters. The molecule has 0 saturated heterocycles. The van der Waals surface area contributed by atoms with E-state index in [2.05, 4.69) is 13.8 Å². The van der Waals surface area contributed by atoms with E-state index in [4.69, 9.17) is 9.47 Å². The minimum Gasteiger partial charge on any atom is -0.463 e. The lowest BCUT2D eigenvalue weighted by atomic mass is 10.0. The van der Waals surface area contributed by atoms with Gasteiger partial charge in [-0.25, -0.2) is 9.59 Å². The Morgan fingerprint density at radius 2 is 0.367 bits per heavy atom. The molecule has 0 aromatic heterocycles. The van der Waals surface area contributed by atoms with Gasteiger partial charge in [-0.1, -0.05) is 309 Å². The van der Waals surface area contributed by atoms with Crippen molar-refractivity contribution in [3.05, 3.63) is 12.2 Å². The van der Waals surface area contributed by atoms with Gasteiger partial charge in [0.05, 0.1) is 13.2 Å². The standard InChI is InChI=1S/C56H108O4/c1-3-5-7-9-11-13-15-17-19-21-23-25-27-29-31-33-35-37-39-41-43-45-47-49-53-59-55(57)51-52-56(58)60-54-50-48-46-44-42-40-38-36-34-32-30-28-26-24-22-20-18-16-14-12-10-8-6-4-2/h51-52H,3-50,53-54H2,1-2H3/b52-51-. The zero-order valence-electron chi connectivity index (χ0n) is 41.1. The maximum absolute atomic E-state index is 11.9. The fourth-order valence-corrected chi connectivity index (χ4v) is 8.71. The molecule has 0 aliphatic carbocycles. The number of esters is 2. The number of carbonyl (C=O) groups excluding carboxylic acids is 2. The van der Waals surface area contributed by atoms with Gasteiger partial charge in [-0.3, -0.25) is 0 Å². The zero-order valence-corrected chi connectivity index (χ0v) is 41.1. The summed E-state index contributed by atoms with van der Waals surface area (Å²) in [5, 5.41) is 0. The molecular weight excluding hydrogens is 737 g/mol. The number of hydrogen-bond donors (Lipinski definition) is 0. The summed E-state index contributed by atoms with van der Waals surface area (Å²) in [7, 11) is 0. The van der Waals surface area contributed by atoms with Gasteiger partial charge in [0.25, 0.3) is 0 Å². The van der Waals surface area contributed by atoms with E-state index in [1.165, 1.54) is 295 Å². The third-order valence-corrected chi connectivity index (χ3v) is 12.8. The highest BCUT2D eigenvalue weighted by atomic mass is 16.5. The summed E-state index contributed by atoms with van der Waals surface area (Å²) in [6, 6.07) is 0. The average Bonchev–Trinajstić information content (AvgIpc) is 3.25. The van der Waals surface area contributed by atoms with Crippen LogP contribution in [0.1, 0.15) is 322 Å². The fraction of sp³-hybridized carbons (Fsp3) is 0.929. The summed E-state index contributed by atoms with van der Waals surface area (Å²) >= 11 is 0. The first-order chi connectivity index (χ1) is 29.7. The van der Waals surface area contributed by atoms with Crippen molar-refractivity contribution in [2.75, 3.05) is 13.2 Å². The summed E-state index contributed by atoms with van der Waals surface area (Å²) < 4.78 is 10.5. The molecule has 0 aromatic rings. The molecule has 4 heteroatoms. The zero-order chi connectivity index (χ0) is 43.3. The molecule has 0 aromatic carbocycles. The van der Waals surface area contributed by atoms with Crippen LogP contribution in [-0.2, 0) is 19.1 Å². The van der Waals surface area contributed by atoms with Gasteiger partial charge in [-0.2, -0.15) is 0 Å². The molecule has 60 heavy (non-hydrogen) atoms. The molecule has 0 N–H and O–H groups in total. The number of ether oxygens (including phenoxy) is 2. The van der Waals surface area contributed by atoms with Crippen molar-refractivity contribution in [2.45, 2.75) is 322 Å². The molecule has 4 nitrogen and oxygen atoms in total. The monoisotopic (exact) mass is 845 g/mol. The highest BCUT2D eigenvalue weighted by molar-refractivity contribution is 5.91. The van der Waals surface area contributed by atoms with Crippen molar-refractivity contribution in [1.29, 1.82) is 0 Å². The van der Waals surface area contributed by atoms with E-state index in [1.807, 2.05) is 0 Å². The number of unbranched alkanes of at least 4 members (excludes halogenated alkanes) is 46. The van der Waals surface area contributed by atoms with E-state index >= 15 is 0 Å². The molecule has 356 valence electrons. The molecule has 0 saturated carbocycles. The van der Waals surface area contributed by atoms with Gasteiger partial charge >= 0.3 is 11.9 Å². The lowest BCUT2D eigenvalue weighted by Crippen LogP contribution is -2.06. The Morgan fingerprint density at radius 1 is 0.233 bits per heavy atom. The molecule has 0 fully saturated rings. The Kier molecular flexibility index (Phi) is 52.6. The quantitative estimate of drug-likeness (QED) is 0.0348. The molecule has 0 radical (unpaired) electrons. The second-order valence-electron chi connectivity index (χ2n) is 18.9. The van der Waals surface area contributed by atoms with Crippen LogP contribution in [0, 0.1) is 0 Å². The molecule has 0 rings (SSSR count). The molecule has 0 heterocycles. The first kappa shape index (κ1) is 58.7. The summed E-state index contributed by atoms with van der Waals surface area (Å²) in [6.07, 6.45) is 68.3. The maximum Gasteiger partial charge on any atom is 0.331 e. The van der Waals surface area contributed by atoms with Crippen molar-refractivity contribution < 1.29 is 19.1 Å². The minimum atomic E-state index is -0.448. The van der Waals surface area contributed by atoms with E-state index in [0.29, 0.717) is 13.2 Å². The van der Waals surface area contributed by atoms with Crippen LogP contribution in [0.5, 0.6) is 0 Å². The summed E-state index contributed by atoms with van der Waals surface area (Å²) in [5.74, 6) is -0.897. The number of carbonyl (C=O) groups is 2. The van der Waals surface area contributed by atoms with Crippen LogP contribution in [0.3, 0.4) is 0 Å². The van der Waals surface area contributed by atoms with Crippen LogP contribution in [0.4, 0.5) is 0 Å². The van der Waals surface area contributed by atoms with Gasteiger partial charge in [0.2, 0.25) is 0 Å². The van der Waals surface area contributed by atoms with Crippen molar-refractivity contribution in [2.24, 2.45) is 0 Å². The summed E-state index contributed by atoms with van der Waals surface area (Å²) in [5.41, 5.74) is 0. The molecule has 0 aliphatic heterocycles. The van der Waals surface area contributed by atoms with Crippen molar-refractivity contribution >= 4 is 11.9 Å². The van der Waals surface area contributed by atoms with Crippen LogP contribution in [0.25, 0.3) is 0 Å². The molecular formula is C56H108O4. The number of rotatable bonds is 52. The van der Waals surface area contributed by atoms with Gasteiger partial charge in [0.15, 0.2) is 0 Å². The first-order valence-corrected chi connectivity index (χ1v) is 27.7. The third kappa shape index (κ3) is 52.8. The van der Waals surface area contributed by atoms with E-state index in [0.717, 1.165) is 25.7 Å². The van der Waals surface area contributed by atoms with E-state index in [-0.39, 0.29) is 0 Å². The predicted octanol–water partition coefficient (Wildman–Crippen LogP) is 19.4. The highest BCUT2D eigenvalue weighted by Gasteiger charge is 2.03. The lowest BCUT2D eigenvalue weighted by Gasteiger charge is -2.05. The Morgan fingerprint density at radius 3 is 0.517 bits per heavy atom. The van der Waals surface area contributed by atoms with E-state index < -0.39 is 11.9 Å². The Bertz CT molecular complexity index is 784. The van der Waals surface area contributed by atoms with Crippen molar-refractivity contribution in [1.82, 2.24) is 0 Å². The highest BCUT2D eigenvalue weighted by Crippen LogP contribution is 2.18. The van der Waals surface area contributed by atoms with Crippen LogP contribution in [-0.4, -0.2) is 25.2 Å². The molecule has 0 unspecified atom stereocenters. The lowest BCUT2D eigenvalue weighted by molar-refractivity contribution is -0.140. The SMILES string of the molecule is CCCCCCCCCCCCCCCCCCCCCCCCCCOC(=O)/C=C\C(=O)OCCCCCCCCCCCCCCCCCCCCCCCCCC. The van der Waals surface area contributed by atoms with Crippen LogP contribution >= 0.6 is 0 Å². The van der Waals surface area contributed by atoms with Gasteiger partial charge in [0.1, 0.15) is 0 Å². The van der Waals surface area contributed by atoms with E-state index in [9.17, 15) is 9.59 Å². The van der Waals surface area contributed by atoms with Crippen LogP contribution < -0.4 is 0 Å². The van der Waals surface area contributed by atoms with Crippen molar-refractivity contribution in [3.8, 4) is 0 Å². The summed E-state index contributed by atoms with van der Waals surface area (Å²) in [4.78, 5) is 23.9. The minimum absolute atomic E-state index is 0.428. The molecule has 0 aliphatic rings. The Balaban J connectivity index is 3.27. The molecule has 0 bridgehead atoms. The van der Waals surface area contributed by atoms with Gasteiger partial charge < -0.3 is 9.47 Å². The second-order valence-corrected chi connectivity index (χ2v) is 18.9. The molecule has 0 spiro atoms. The fourth-order valence-electron chi connectivity index (χ4n) is 8.71. The van der Waals surface area contributed by atoms with Gasteiger partial charge in [-0.15, -0.1) is 0 Å². The maximum atomic E-state index is 11.9. The average molecular weight is 845 g/mol. The largest absolute Gasteiger partial charge is 0.463 e. The Hall–Kier alpha value is -1.32. The number of hydrogen-bond acceptors (Lipinski definition) is 4. The van der Waals surface area contributed by atoms with Crippen LogP contribution in [0.15, 0.2) is 12.2 Å². The first-order valence-electron chi connectivity index (χ1n) is 27.7. The smallest absolute Gasteiger partial charge is 0.331 e. The predicted molar refractivity (Wildman–Crippen MR) is 264 cm³/mol. The summed E-state index contributed by atoms with van der Waals surface area (Å²) in [6.45, 7) is 5.45. The normalized spacial score (nSPS) is 11.6. The van der Waals surface area contributed by atoms with Gasteiger partial charge in [-0.05, 0) is 12.8 Å². The second kappa shape index (κ2) is 53.8. The van der Waals surface area contributed by atoms with E-state index in [1.54, 1.807) is 0 Å². The van der Waals surface area contributed by atoms with Gasteiger partial charge in [0, 0.05) is 12.2 Å². The van der Waals surface area contributed by atoms with Crippen LogP contribution in [0.2, 0.25) is 0 Å². The Labute approximate surface area is 377 Å². The van der Waals surface area contributed by atoms with Crippen molar-refractivity contribution in [3.63, 3.8) is 0 Å².